The van der Waals surface area contributed by atoms with Gasteiger partial charge in [0.15, 0.2) is 5.69 Å². The molecule has 0 bridgehead atoms. The third-order valence-electron chi connectivity index (χ3n) is 4.76. The largest absolute Gasteiger partial charge is 0.383 e. The van der Waals surface area contributed by atoms with Crippen molar-refractivity contribution < 1.29 is 9.32 Å². The van der Waals surface area contributed by atoms with Crippen molar-refractivity contribution in [3.63, 3.8) is 0 Å². The zero-order valence-corrected chi connectivity index (χ0v) is 17.0. The Morgan fingerprint density at radius 3 is 2.46 bits per heavy atom. The van der Waals surface area contributed by atoms with Gasteiger partial charge in [0.25, 0.3) is 5.56 Å². The second-order valence-corrected chi connectivity index (χ2v) is 6.88. The number of carbonyl (C=O) groups excluding carboxylic acids is 1. The third kappa shape index (κ3) is 4.52. The third-order valence-corrected chi connectivity index (χ3v) is 4.76. The number of unbranched alkanes of at least 4 members (excludes halogenated alkanes) is 2. The van der Waals surface area contributed by atoms with E-state index >= 15 is 0 Å². The summed E-state index contributed by atoms with van der Waals surface area (Å²) in [5.74, 6) is 0.294. The van der Waals surface area contributed by atoms with Crippen molar-refractivity contribution >= 4 is 17.4 Å². The van der Waals surface area contributed by atoms with E-state index in [4.69, 9.17) is 10.3 Å². The molecule has 0 aliphatic heterocycles. The molecule has 3 N–H and O–H groups in total. The van der Waals surface area contributed by atoms with Gasteiger partial charge in [-0.15, -0.1) is 0 Å². The van der Waals surface area contributed by atoms with Crippen molar-refractivity contribution in [3.05, 3.63) is 37.9 Å². The van der Waals surface area contributed by atoms with Crippen LogP contribution < -0.4 is 21.9 Å². The van der Waals surface area contributed by atoms with Gasteiger partial charge >= 0.3 is 5.69 Å². The highest BCUT2D eigenvalue weighted by Crippen LogP contribution is 2.21. The van der Waals surface area contributed by atoms with Gasteiger partial charge in [-0.1, -0.05) is 31.8 Å². The number of rotatable bonds is 9. The van der Waals surface area contributed by atoms with Crippen molar-refractivity contribution in [1.82, 2.24) is 14.7 Å². The zero-order chi connectivity index (χ0) is 20.8. The molecule has 0 saturated heterocycles. The average Bonchev–Trinajstić information content (AvgIpc) is 2.95. The van der Waals surface area contributed by atoms with E-state index in [-0.39, 0.29) is 23.8 Å². The summed E-state index contributed by atoms with van der Waals surface area (Å²) in [7, 11) is 0. The number of H-pyrrole nitrogens is 1. The molecule has 0 unspecified atom stereocenters. The second-order valence-electron chi connectivity index (χ2n) is 6.88. The number of anilines is 2. The number of hydrogen-bond acceptors (Lipinski definition) is 6. The highest BCUT2D eigenvalue weighted by molar-refractivity contribution is 5.97. The van der Waals surface area contributed by atoms with E-state index in [1.807, 2.05) is 13.8 Å². The Bertz CT molecular complexity index is 921. The van der Waals surface area contributed by atoms with Crippen molar-refractivity contribution in [1.29, 1.82) is 0 Å². The van der Waals surface area contributed by atoms with Crippen molar-refractivity contribution in [2.75, 3.05) is 17.2 Å². The fourth-order valence-corrected chi connectivity index (χ4v) is 3.05. The lowest BCUT2D eigenvalue weighted by Crippen LogP contribution is -2.42. The molecular formula is C19H29N5O4. The smallest absolute Gasteiger partial charge is 0.330 e. The summed E-state index contributed by atoms with van der Waals surface area (Å²) in [6, 6.07) is 0. The number of aromatic nitrogens is 3. The maximum atomic E-state index is 13.1. The van der Waals surface area contributed by atoms with E-state index in [0.717, 1.165) is 19.3 Å². The summed E-state index contributed by atoms with van der Waals surface area (Å²) < 4.78 is 6.45. The predicted octanol–water partition coefficient (Wildman–Crippen LogP) is 1.90. The topological polar surface area (TPSA) is 127 Å². The first kappa shape index (κ1) is 21.5. The van der Waals surface area contributed by atoms with Crippen LogP contribution in [0, 0.1) is 13.8 Å². The van der Waals surface area contributed by atoms with Gasteiger partial charge in [-0.3, -0.25) is 19.1 Å². The summed E-state index contributed by atoms with van der Waals surface area (Å²) in [6.07, 6.45) is 3.17. The lowest BCUT2D eigenvalue weighted by atomic mass is 10.1. The Morgan fingerprint density at radius 1 is 1.21 bits per heavy atom. The molecule has 2 heterocycles. The van der Waals surface area contributed by atoms with Gasteiger partial charge in [-0.25, -0.2) is 4.79 Å². The first-order valence-corrected chi connectivity index (χ1v) is 9.66. The van der Waals surface area contributed by atoms with Crippen LogP contribution in [0.4, 0.5) is 11.5 Å². The maximum Gasteiger partial charge on any atom is 0.330 e. The zero-order valence-electron chi connectivity index (χ0n) is 17.0. The van der Waals surface area contributed by atoms with Crippen LogP contribution in [-0.2, 0) is 17.8 Å². The molecular weight excluding hydrogens is 362 g/mol. The SMILES string of the molecule is CCCCN(C(=O)Cc1c(C)noc1C)c1c(N)n(CCCC)c(=O)[nH]c1=O. The number of carbonyl (C=O) groups is 1. The molecule has 0 spiro atoms. The predicted molar refractivity (Wildman–Crippen MR) is 108 cm³/mol. The van der Waals surface area contributed by atoms with Crippen LogP contribution in [-0.4, -0.2) is 27.2 Å². The van der Waals surface area contributed by atoms with E-state index in [9.17, 15) is 14.4 Å². The van der Waals surface area contributed by atoms with E-state index in [1.54, 1.807) is 13.8 Å². The number of aromatic amines is 1. The van der Waals surface area contributed by atoms with Crippen molar-refractivity contribution in [3.8, 4) is 0 Å². The fraction of sp³-hybridized carbons (Fsp3) is 0.579. The Labute approximate surface area is 163 Å². The van der Waals surface area contributed by atoms with Crippen LogP contribution in [0.3, 0.4) is 0 Å². The highest BCUT2D eigenvalue weighted by Gasteiger charge is 2.25. The van der Waals surface area contributed by atoms with E-state index in [1.165, 1.54) is 9.47 Å². The Kier molecular flexibility index (Phi) is 7.19. The monoisotopic (exact) mass is 391 g/mol. The van der Waals surface area contributed by atoms with E-state index in [0.29, 0.717) is 36.5 Å². The van der Waals surface area contributed by atoms with Gasteiger partial charge < -0.3 is 15.2 Å². The average molecular weight is 391 g/mol. The number of nitrogen functional groups attached to an aromatic ring is 1. The first-order valence-electron chi connectivity index (χ1n) is 9.66. The maximum absolute atomic E-state index is 13.1. The van der Waals surface area contributed by atoms with E-state index in [2.05, 4.69) is 10.1 Å². The molecule has 1 amide bonds. The van der Waals surface area contributed by atoms with Gasteiger partial charge in [0.05, 0.1) is 12.1 Å². The van der Waals surface area contributed by atoms with Gasteiger partial charge in [0.1, 0.15) is 11.6 Å². The van der Waals surface area contributed by atoms with Gasteiger partial charge in [0, 0.05) is 18.7 Å². The minimum atomic E-state index is -0.654. The number of nitrogens with one attached hydrogen (secondary N) is 1. The summed E-state index contributed by atoms with van der Waals surface area (Å²) >= 11 is 0. The first-order chi connectivity index (χ1) is 13.3. The van der Waals surface area contributed by atoms with Crippen molar-refractivity contribution in [2.24, 2.45) is 0 Å². The minimum absolute atomic E-state index is 0.0189. The minimum Gasteiger partial charge on any atom is -0.383 e. The Balaban J connectivity index is 2.49. The standard InChI is InChI=1S/C19H29N5O4/c1-5-7-9-23(15(25)11-14-12(3)22-28-13(14)4)16-17(20)24(10-8-6-2)19(27)21-18(16)26/h5-11,20H2,1-4H3,(H,21,26,27). The van der Waals surface area contributed by atoms with Crippen LogP contribution in [0.15, 0.2) is 14.1 Å². The summed E-state index contributed by atoms with van der Waals surface area (Å²) in [4.78, 5) is 41.5. The Hall–Kier alpha value is -2.84. The molecule has 9 heteroatoms. The molecule has 0 radical (unpaired) electrons. The van der Waals surface area contributed by atoms with Crippen LogP contribution in [0.5, 0.6) is 0 Å². The lowest BCUT2D eigenvalue weighted by molar-refractivity contribution is -0.118. The van der Waals surface area contributed by atoms with Crippen LogP contribution >= 0.6 is 0 Å². The molecule has 0 aliphatic carbocycles. The Morgan fingerprint density at radius 2 is 1.89 bits per heavy atom. The summed E-state index contributed by atoms with van der Waals surface area (Å²) in [6.45, 7) is 8.20. The summed E-state index contributed by atoms with van der Waals surface area (Å²) in [5.41, 5.74) is 6.33. The number of hydrogen-bond donors (Lipinski definition) is 2. The molecule has 0 saturated carbocycles. The van der Waals surface area contributed by atoms with Gasteiger partial charge in [0.2, 0.25) is 5.91 Å². The lowest BCUT2D eigenvalue weighted by Gasteiger charge is -2.24. The van der Waals surface area contributed by atoms with Crippen LogP contribution in [0.1, 0.15) is 56.5 Å². The van der Waals surface area contributed by atoms with Crippen molar-refractivity contribution in [2.45, 2.75) is 66.3 Å². The molecule has 0 aromatic carbocycles. The van der Waals surface area contributed by atoms with E-state index < -0.39 is 11.2 Å². The van der Waals surface area contributed by atoms with Gasteiger partial charge in [-0.05, 0) is 26.7 Å². The number of aryl methyl sites for hydroxylation is 2. The molecule has 154 valence electrons. The number of nitrogens with zero attached hydrogens (tertiary/aromatic N) is 3. The fourth-order valence-electron chi connectivity index (χ4n) is 3.05. The number of nitrogens with two attached hydrogens (primary N) is 1. The quantitative estimate of drug-likeness (QED) is 0.672. The highest BCUT2D eigenvalue weighted by atomic mass is 16.5. The summed E-state index contributed by atoms with van der Waals surface area (Å²) in [5, 5.41) is 3.87. The molecule has 2 aromatic heterocycles. The second kappa shape index (κ2) is 9.38. The molecule has 0 aliphatic rings. The normalized spacial score (nSPS) is 11.0. The number of amides is 1. The van der Waals surface area contributed by atoms with Crippen LogP contribution in [0.25, 0.3) is 0 Å². The molecule has 28 heavy (non-hydrogen) atoms. The molecule has 0 fully saturated rings. The molecule has 0 atom stereocenters. The molecule has 2 aromatic rings. The molecule has 2 rings (SSSR count). The van der Waals surface area contributed by atoms with Crippen LogP contribution in [0.2, 0.25) is 0 Å². The van der Waals surface area contributed by atoms with Gasteiger partial charge in [-0.2, -0.15) is 0 Å². The molecule has 9 nitrogen and oxygen atoms in total.